The summed E-state index contributed by atoms with van der Waals surface area (Å²) < 4.78 is 0. The number of aromatic nitrogens is 2. The second kappa shape index (κ2) is 6.88. The van der Waals surface area contributed by atoms with Crippen molar-refractivity contribution in [3.05, 3.63) is 52.9 Å². The number of rotatable bonds is 4. The summed E-state index contributed by atoms with van der Waals surface area (Å²) in [6, 6.07) is 10.6. The highest BCUT2D eigenvalue weighted by Gasteiger charge is 2.23. The highest BCUT2D eigenvalue weighted by atomic mass is 35.5. The summed E-state index contributed by atoms with van der Waals surface area (Å²) in [6.45, 7) is 1.79. The summed E-state index contributed by atoms with van der Waals surface area (Å²) in [5.41, 5.74) is 1.78. The predicted molar refractivity (Wildman–Crippen MR) is 87.5 cm³/mol. The van der Waals surface area contributed by atoms with E-state index in [1.54, 1.807) is 0 Å². The molecule has 0 unspecified atom stereocenters. The van der Waals surface area contributed by atoms with E-state index in [0.717, 1.165) is 38.6 Å². The van der Waals surface area contributed by atoms with E-state index in [0.29, 0.717) is 17.3 Å². The molecule has 0 aliphatic carbocycles. The molecular weight excluding hydrogens is 298 g/mol. The second-order valence-electron chi connectivity index (χ2n) is 5.64. The monoisotopic (exact) mass is 315 g/mol. The van der Waals surface area contributed by atoms with E-state index in [9.17, 15) is 4.79 Å². The smallest absolute Gasteiger partial charge is 0.156 e. The summed E-state index contributed by atoms with van der Waals surface area (Å²) in [7, 11) is 0. The minimum absolute atomic E-state index is 0.228. The Kier molecular flexibility index (Phi) is 4.68. The molecule has 0 bridgehead atoms. The van der Waals surface area contributed by atoms with Gasteiger partial charge in [-0.3, -0.25) is 4.79 Å². The molecule has 0 atom stereocenters. The Morgan fingerprint density at radius 2 is 1.91 bits per heavy atom. The molecular formula is C17H18ClN3O. The Bertz CT molecular complexity index is 640. The van der Waals surface area contributed by atoms with E-state index in [-0.39, 0.29) is 5.15 Å². The first-order valence-electron chi connectivity index (χ1n) is 7.52. The molecule has 3 rings (SSSR count). The summed E-state index contributed by atoms with van der Waals surface area (Å²) in [4.78, 5) is 21.5. The molecule has 114 valence electrons. The highest BCUT2D eigenvalue weighted by molar-refractivity contribution is 6.32. The molecule has 1 aromatic heterocycles. The van der Waals surface area contributed by atoms with Gasteiger partial charge < -0.3 is 4.90 Å². The third-order valence-electron chi connectivity index (χ3n) is 4.21. The van der Waals surface area contributed by atoms with Gasteiger partial charge in [0.15, 0.2) is 6.29 Å². The van der Waals surface area contributed by atoms with Crippen molar-refractivity contribution in [1.82, 2.24) is 9.97 Å². The van der Waals surface area contributed by atoms with Crippen molar-refractivity contribution in [3.8, 4) is 0 Å². The van der Waals surface area contributed by atoms with Gasteiger partial charge in [-0.15, -0.1) is 0 Å². The van der Waals surface area contributed by atoms with E-state index < -0.39 is 0 Å². The van der Waals surface area contributed by atoms with Gasteiger partial charge in [-0.05, 0) is 30.7 Å². The number of carbonyl (C=O) groups is 1. The van der Waals surface area contributed by atoms with E-state index in [4.69, 9.17) is 11.6 Å². The fourth-order valence-corrected chi connectivity index (χ4v) is 3.19. The standard InChI is InChI=1S/C17H18ClN3O/c18-16-15(11-22)17(20-12-19-16)21-8-6-14(7-9-21)10-13-4-2-1-3-5-13/h1-5,11-12,14H,6-10H2. The Labute approximate surface area is 135 Å². The normalized spacial score (nSPS) is 15.8. The quantitative estimate of drug-likeness (QED) is 0.641. The molecule has 4 nitrogen and oxygen atoms in total. The number of piperidine rings is 1. The Morgan fingerprint density at radius 1 is 1.18 bits per heavy atom. The fraction of sp³-hybridized carbons (Fsp3) is 0.353. The third-order valence-corrected chi connectivity index (χ3v) is 4.51. The van der Waals surface area contributed by atoms with Crippen LogP contribution in [0, 0.1) is 5.92 Å². The number of hydrogen-bond donors (Lipinski definition) is 0. The van der Waals surface area contributed by atoms with Crippen LogP contribution in [0.5, 0.6) is 0 Å². The van der Waals surface area contributed by atoms with Crippen LogP contribution >= 0.6 is 11.6 Å². The van der Waals surface area contributed by atoms with Crippen molar-refractivity contribution in [1.29, 1.82) is 0 Å². The van der Waals surface area contributed by atoms with Crippen LogP contribution in [0.2, 0.25) is 5.15 Å². The van der Waals surface area contributed by atoms with Gasteiger partial charge in [0.2, 0.25) is 0 Å². The lowest BCUT2D eigenvalue weighted by atomic mass is 9.90. The fourth-order valence-electron chi connectivity index (χ4n) is 3.02. The minimum Gasteiger partial charge on any atom is -0.356 e. The zero-order valence-corrected chi connectivity index (χ0v) is 13.0. The van der Waals surface area contributed by atoms with E-state index in [1.165, 1.54) is 11.9 Å². The van der Waals surface area contributed by atoms with Crippen molar-refractivity contribution in [2.24, 2.45) is 5.92 Å². The maximum absolute atomic E-state index is 11.2. The first kappa shape index (κ1) is 15.0. The third kappa shape index (κ3) is 3.28. The molecule has 1 aliphatic rings. The average Bonchev–Trinajstić information content (AvgIpc) is 2.56. The number of carbonyl (C=O) groups excluding carboxylic acids is 1. The van der Waals surface area contributed by atoms with Crippen LogP contribution < -0.4 is 4.90 Å². The van der Waals surface area contributed by atoms with Gasteiger partial charge >= 0.3 is 0 Å². The van der Waals surface area contributed by atoms with Gasteiger partial charge in [0, 0.05) is 13.1 Å². The lowest BCUT2D eigenvalue weighted by molar-refractivity contribution is 0.112. The Hall–Kier alpha value is -1.94. The number of hydrogen-bond acceptors (Lipinski definition) is 4. The highest BCUT2D eigenvalue weighted by Crippen LogP contribution is 2.28. The maximum Gasteiger partial charge on any atom is 0.156 e. The van der Waals surface area contributed by atoms with Gasteiger partial charge in [-0.25, -0.2) is 9.97 Å². The van der Waals surface area contributed by atoms with Crippen LogP contribution in [0.1, 0.15) is 28.8 Å². The number of aldehydes is 1. The number of nitrogens with zero attached hydrogens (tertiary/aromatic N) is 3. The summed E-state index contributed by atoms with van der Waals surface area (Å²) in [6.07, 6.45) is 5.46. The van der Waals surface area contributed by atoms with Gasteiger partial charge in [0.1, 0.15) is 17.3 Å². The molecule has 0 spiro atoms. The van der Waals surface area contributed by atoms with E-state index >= 15 is 0 Å². The van der Waals surface area contributed by atoms with Crippen molar-refractivity contribution in [2.75, 3.05) is 18.0 Å². The van der Waals surface area contributed by atoms with Crippen molar-refractivity contribution in [2.45, 2.75) is 19.3 Å². The van der Waals surface area contributed by atoms with Crippen LogP contribution in [0.4, 0.5) is 5.82 Å². The second-order valence-corrected chi connectivity index (χ2v) is 6.00. The molecule has 2 heterocycles. The van der Waals surface area contributed by atoms with Crippen LogP contribution in [-0.2, 0) is 6.42 Å². The molecule has 0 radical (unpaired) electrons. The van der Waals surface area contributed by atoms with Crippen molar-refractivity contribution < 1.29 is 4.79 Å². The number of halogens is 1. The summed E-state index contributed by atoms with van der Waals surface area (Å²) in [5.74, 6) is 1.34. The lowest BCUT2D eigenvalue weighted by Crippen LogP contribution is -2.35. The first-order valence-corrected chi connectivity index (χ1v) is 7.90. The van der Waals surface area contributed by atoms with Gasteiger partial charge in [0.05, 0.1) is 5.56 Å². The minimum atomic E-state index is 0.228. The van der Waals surface area contributed by atoms with Gasteiger partial charge in [-0.1, -0.05) is 41.9 Å². The first-order chi connectivity index (χ1) is 10.8. The molecule has 1 fully saturated rings. The zero-order chi connectivity index (χ0) is 15.4. The molecule has 2 aromatic rings. The van der Waals surface area contributed by atoms with Crippen LogP contribution in [0.3, 0.4) is 0 Å². The lowest BCUT2D eigenvalue weighted by Gasteiger charge is -2.33. The maximum atomic E-state index is 11.2. The Balaban J connectivity index is 1.65. The van der Waals surface area contributed by atoms with Crippen molar-refractivity contribution in [3.63, 3.8) is 0 Å². The largest absolute Gasteiger partial charge is 0.356 e. The molecule has 0 N–H and O–H groups in total. The predicted octanol–water partition coefficient (Wildman–Crippen LogP) is 3.40. The van der Waals surface area contributed by atoms with E-state index in [2.05, 4.69) is 39.1 Å². The molecule has 5 heteroatoms. The van der Waals surface area contributed by atoms with Crippen LogP contribution in [0.25, 0.3) is 0 Å². The summed E-state index contributed by atoms with van der Waals surface area (Å²) in [5, 5.41) is 0.228. The zero-order valence-electron chi connectivity index (χ0n) is 12.3. The Morgan fingerprint density at radius 3 is 2.59 bits per heavy atom. The number of benzene rings is 1. The van der Waals surface area contributed by atoms with Crippen molar-refractivity contribution >= 4 is 23.7 Å². The van der Waals surface area contributed by atoms with Crippen LogP contribution in [0.15, 0.2) is 36.7 Å². The average molecular weight is 316 g/mol. The van der Waals surface area contributed by atoms with Crippen LogP contribution in [-0.4, -0.2) is 29.3 Å². The SMILES string of the molecule is O=Cc1c(Cl)ncnc1N1CCC(Cc2ccccc2)CC1. The number of anilines is 1. The molecule has 1 aliphatic heterocycles. The molecule has 1 aromatic carbocycles. The topological polar surface area (TPSA) is 46.1 Å². The van der Waals surface area contributed by atoms with Gasteiger partial charge in [0.25, 0.3) is 0 Å². The molecule has 0 amide bonds. The molecule has 1 saturated heterocycles. The van der Waals surface area contributed by atoms with Gasteiger partial charge in [-0.2, -0.15) is 0 Å². The molecule has 0 saturated carbocycles. The van der Waals surface area contributed by atoms with E-state index in [1.807, 2.05) is 6.07 Å². The molecule has 22 heavy (non-hydrogen) atoms. The summed E-state index contributed by atoms with van der Waals surface area (Å²) >= 11 is 5.98.